The van der Waals surface area contributed by atoms with Gasteiger partial charge in [0.1, 0.15) is 0 Å². The van der Waals surface area contributed by atoms with E-state index < -0.39 is 7.12 Å². The highest BCUT2D eigenvalue weighted by Crippen LogP contribution is 2.07. The second kappa shape index (κ2) is 6.04. The predicted octanol–water partition coefficient (Wildman–Crippen LogP) is 0.597. The molecule has 0 aliphatic rings. The number of benzene rings is 1. The zero-order chi connectivity index (χ0) is 12.1. The van der Waals surface area contributed by atoms with E-state index in [-0.39, 0.29) is 0 Å². The van der Waals surface area contributed by atoms with Gasteiger partial charge in [0.25, 0.3) is 0 Å². The van der Waals surface area contributed by atoms with Crippen LogP contribution in [-0.2, 0) is 6.54 Å². The molecule has 0 radical (unpaired) electrons. The molecule has 4 heteroatoms. The molecule has 0 saturated heterocycles. The first-order valence-corrected chi connectivity index (χ1v) is 5.69. The number of hydrogen-bond acceptors (Lipinski definition) is 3. The first kappa shape index (κ1) is 13.2. The molecule has 1 atom stereocenters. The minimum atomic E-state index is -1.37. The van der Waals surface area contributed by atoms with Crippen molar-refractivity contribution >= 4 is 12.6 Å². The van der Waals surface area contributed by atoms with Crippen LogP contribution in [0.3, 0.4) is 0 Å². The van der Waals surface area contributed by atoms with E-state index >= 15 is 0 Å². The van der Waals surface area contributed by atoms with Crippen molar-refractivity contribution in [2.45, 2.75) is 32.9 Å². The fraction of sp³-hybridized carbons (Fsp3) is 0.500. The van der Waals surface area contributed by atoms with E-state index in [0.29, 0.717) is 11.5 Å². The highest BCUT2D eigenvalue weighted by atomic mass is 16.4. The van der Waals surface area contributed by atoms with Gasteiger partial charge in [-0.25, -0.2) is 0 Å². The Labute approximate surface area is 97.9 Å². The van der Waals surface area contributed by atoms with Gasteiger partial charge < -0.3 is 10.0 Å². The molecule has 0 saturated carbocycles. The van der Waals surface area contributed by atoms with E-state index in [0.717, 1.165) is 13.0 Å². The molecule has 1 rings (SSSR count). The zero-order valence-corrected chi connectivity index (χ0v) is 10.2. The highest BCUT2D eigenvalue weighted by molar-refractivity contribution is 6.58. The molecule has 0 aliphatic heterocycles. The molecule has 88 valence electrons. The molecule has 1 unspecified atom stereocenters. The Morgan fingerprint density at radius 1 is 1.25 bits per heavy atom. The molecule has 1 aromatic carbocycles. The molecule has 0 aliphatic carbocycles. The predicted molar refractivity (Wildman–Crippen MR) is 67.5 cm³/mol. The molecule has 16 heavy (non-hydrogen) atoms. The molecule has 3 nitrogen and oxygen atoms in total. The Hall–Kier alpha value is -0.835. The van der Waals surface area contributed by atoms with E-state index in [1.807, 2.05) is 12.1 Å². The molecular formula is C12H20BNO2. The van der Waals surface area contributed by atoms with Gasteiger partial charge in [-0.15, -0.1) is 0 Å². The summed E-state index contributed by atoms with van der Waals surface area (Å²) in [6.07, 6.45) is 1.13. The lowest BCUT2D eigenvalue weighted by Gasteiger charge is -2.23. The van der Waals surface area contributed by atoms with Crippen LogP contribution >= 0.6 is 0 Å². The van der Waals surface area contributed by atoms with Crippen molar-refractivity contribution in [2.24, 2.45) is 0 Å². The average molecular weight is 221 g/mol. The van der Waals surface area contributed by atoms with Crippen LogP contribution < -0.4 is 5.46 Å². The molecule has 0 bridgehead atoms. The van der Waals surface area contributed by atoms with E-state index in [4.69, 9.17) is 10.0 Å². The summed E-state index contributed by atoms with van der Waals surface area (Å²) >= 11 is 0. The lowest BCUT2D eigenvalue weighted by atomic mass is 9.80. The molecule has 0 amide bonds. The van der Waals surface area contributed by atoms with Gasteiger partial charge in [0.2, 0.25) is 0 Å². The normalized spacial score (nSPS) is 12.9. The van der Waals surface area contributed by atoms with Gasteiger partial charge in [0, 0.05) is 12.6 Å². The SMILES string of the molecule is CCC(C)N(C)Cc1ccc(B(O)O)cc1. The molecule has 1 aromatic rings. The van der Waals surface area contributed by atoms with Crippen molar-refractivity contribution in [3.63, 3.8) is 0 Å². The maximum atomic E-state index is 8.97. The van der Waals surface area contributed by atoms with Gasteiger partial charge in [-0.3, -0.25) is 4.90 Å². The minimum absolute atomic E-state index is 0.537. The monoisotopic (exact) mass is 221 g/mol. The molecule has 0 heterocycles. The van der Waals surface area contributed by atoms with Crippen LogP contribution in [0.5, 0.6) is 0 Å². The summed E-state index contributed by atoms with van der Waals surface area (Å²) in [5, 5.41) is 17.9. The van der Waals surface area contributed by atoms with Crippen LogP contribution in [0.1, 0.15) is 25.8 Å². The molecule has 0 fully saturated rings. The topological polar surface area (TPSA) is 43.7 Å². The fourth-order valence-electron chi connectivity index (χ4n) is 1.55. The van der Waals surface area contributed by atoms with Crippen LogP contribution in [0.2, 0.25) is 0 Å². The van der Waals surface area contributed by atoms with Gasteiger partial charge >= 0.3 is 7.12 Å². The van der Waals surface area contributed by atoms with Crippen LogP contribution in [0.4, 0.5) is 0 Å². The van der Waals surface area contributed by atoms with Crippen molar-refractivity contribution in [3.05, 3.63) is 29.8 Å². The Bertz CT molecular complexity index is 313. The Balaban J connectivity index is 2.61. The molecule has 0 aromatic heterocycles. The van der Waals surface area contributed by atoms with Crippen molar-refractivity contribution in [2.75, 3.05) is 7.05 Å². The second-order valence-corrected chi connectivity index (χ2v) is 4.29. The zero-order valence-electron chi connectivity index (χ0n) is 10.2. The fourth-order valence-corrected chi connectivity index (χ4v) is 1.55. The third kappa shape index (κ3) is 3.63. The van der Waals surface area contributed by atoms with E-state index in [1.54, 1.807) is 12.1 Å². The Kier molecular flexibility index (Phi) is 4.99. The third-order valence-electron chi connectivity index (χ3n) is 3.05. The summed E-state index contributed by atoms with van der Waals surface area (Å²) in [7, 11) is 0.726. The molecule has 0 spiro atoms. The van der Waals surface area contributed by atoms with Crippen molar-refractivity contribution in [1.29, 1.82) is 0 Å². The van der Waals surface area contributed by atoms with Gasteiger partial charge in [-0.1, -0.05) is 31.2 Å². The quantitative estimate of drug-likeness (QED) is 0.715. The maximum absolute atomic E-state index is 8.97. The summed E-state index contributed by atoms with van der Waals surface area (Å²) in [6.45, 7) is 5.26. The van der Waals surface area contributed by atoms with Crippen LogP contribution in [-0.4, -0.2) is 35.2 Å². The van der Waals surface area contributed by atoms with Gasteiger partial charge in [0.05, 0.1) is 0 Å². The van der Waals surface area contributed by atoms with E-state index in [9.17, 15) is 0 Å². The minimum Gasteiger partial charge on any atom is -0.423 e. The van der Waals surface area contributed by atoms with Gasteiger partial charge in [0.15, 0.2) is 0 Å². The highest BCUT2D eigenvalue weighted by Gasteiger charge is 2.11. The third-order valence-corrected chi connectivity index (χ3v) is 3.05. The van der Waals surface area contributed by atoms with Crippen molar-refractivity contribution < 1.29 is 10.0 Å². The summed E-state index contributed by atoms with van der Waals surface area (Å²) in [5.74, 6) is 0. The summed E-state index contributed by atoms with van der Waals surface area (Å²) in [5.41, 5.74) is 1.72. The summed E-state index contributed by atoms with van der Waals surface area (Å²) < 4.78 is 0. The van der Waals surface area contributed by atoms with Crippen LogP contribution in [0, 0.1) is 0 Å². The Morgan fingerprint density at radius 2 is 1.81 bits per heavy atom. The van der Waals surface area contributed by atoms with Gasteiger partial charge in [-0.2, -0.15) is 0 Å². The van der Waals surface area contributed by atoms with Crippen molar-refractivity contribution in [1.82, 2.24) is 4.90 Å². The maximum Gasteiger partial charge on any atom is 0.488 e. The lowest BCUT2D eigenvalue weighted by Crippen LogP contribution is -2.30. The molecule has 2 N–H and O–H groups in total. The van der Waals surface area contributed by atoms with Crippen molar-refractivity contribution in [3.8, 4) is 0 Å². The van der Waals surface area contributed by atoms with Crippen LogP contribution in [0.25, 0.3) is 0 Å². The first-order chi connectivity index (χ1) is 7.54. The van der Waals surface area contributed by atoms with Crippen LogP contribution in [0.15, 0.2) is 24.3 Å². The van der Waals surface area contributed by atoms with E-state index in [1.165, 1.54) is 5.56 Å². The standard InChI is InChI=1S/C12H20BNO2/c1-4-10(2)14(3)9-11-5-7-12(8-6-11)13(15)16/h5-8,10,15-16H,4,9H2,1-3H3. The number of nitrogens with zero attached hydrogens (tertiary/aromatic N) is 1. The summed E-state index contributed by atoms with van der Waals surface area (Å²) in [6, 6.07) is 7.94. The van der Waals surface area contributed by atoms with E-state index in [2.05, 4.69) is 25.8 Å². The smallest absolute Gasteiger partial charge is 0.423 e. The molecular weight excluding hydrogens is 201 g/mol. The summed E-state index contributed by atoms with van der Waals surface area (Å²) in [4.78, 5) is 2.28. The Morgan fingerprint density at radius 3 is 2.25 bits per heavy atom. The van der Waals surface area contributed by atoms with Gasteiger partial charge in [-0.05, 0) is 31.4 Å². The average Bonchev–Trinajstić information content (AvgIpc) is 2.28. The lowest BCUT2D eigenvalue weighted by molar-refractivity contribution is 0.244. The first-order valence-electron chi connectivity index (χ1n) is 5.69. The number of rotatable bonds is 5. The number of hydrogen-bond donors (Lipinski definition) is 2. The largest absolute Gasteiger partial charge is 0.488 e. The second-order valence-electron chi connectivity index (χ2n) is 4.29.